The first-order valence-electron chi connectivity index (χ1n) is 3.51. The first kappa shape index (κ1) is 8.92. The Kier molecular flexibility index (Phi) is 4.72. The largest absolute Gasteiger partial charge is 0.396 e. The summed E-state index contributed by atoms with van der Waals surface area (Å²) in [7, 11) is 0. The van der Waals surface area contributed by atoms with E-state index in [0.29, 0.717) is 0 Å². The van der Waals surface area contributed by atoms with Crippen LogP contribution in [0, 0.1) is 5.92 Å². The predicted octanol–water partition coefficient (Wildman–Crippen LogP) is 0.776. The molecule has 0 saturated carbocycles. The van der Waals surface area contributed by atoms with Crippen molar-refractivity contribution < 1.29 is 10.2 Å². The Labute approximate surface area is 56.5 Å². The minimum absolute atomic E-state index is 0.0324. The van der Waals surface area contributed by atoms with Crippen LogP contribution in [0.15, 0.2) is 0 Å². The van der Waals surface area contributed by atoms with Crippen LogP contribution in [0.1, 0.15) is 26.7 Å². The predicted molar refractivity (Wildman–Crippen MR) is 37.2 cm³/mol. The minimum Gasteiger partial charge on any atom is -0.396 e. The maximum absolute atomic E-state index is 9.16. The third-order valence-corrected chi connectivity index (χ3v) is 1.53. The first-order chi connectivity index (χ1) is 4.22. The molecule has 0 aromatic carbocycles. The highest BCUT2D eigenvalue weighted by Gasteiger charge is 2.10. The van der Waals surface area contributed by atoms with Crippen LogP contribution in [0.2, 0.25) is 0 Å². The highest BCUT2D eigenvalue weighted by atomic mass is 16.3. The van der Waals surface area contributed by atoms with E-state index in [1.54, 1.807) is 0 Å². The van der Waals surface area contributed by atoms with E-state index in [9.17, 15) is 0 Å². The summed E-state index contributed by atoms with van der Waals surface area (Å²) in [6, 6.07) is 0. The van der Waals surface area contributed by atoms with Crippen LogP contribution in [0.25, 0.3) is 0 Å². The van der Waals surface area contributed by atoms with Gasteiger partial charge in [0, 0.05) is 12.5 Å². The molecule has 0 heterocycles. The SMILES string of the molecule is CCC[C@H](O)[C@@H](C)CO. The summed E-state index contributed by atoms with van der Waals surface area (Å²) in [5.74, 6) is 0.0324. The summed E-state index contributed by atoms with van der Waals surface area (Å²) in [6.45, 7) is 3.95. The molecular formula is C7H16O2. The molecule has 9 heavy (non-hydrogen) atoms. The molecular weight excluding hydrogens is 116 g/mol. The molecule has 0 aromatic heterocycles. The van der Waals surface area contributed by atoms with Gasteiger partial charge in [-0.1, -0.05) is 20.3 Å². The summed E-state index contributed by atoms with van der Waals surface area (Å²) in [6.07, 6.45) is 1.45. The summed E-state index contributed by atoms with van der Waals surface area (Å²) in [5.41, 5.74) is 0. The maximum atomic E-state index is 9.16. The molecule has 2 atom stereocenters. The van der Waals surface area contributed by atoms with Crippen molar-refractivity contribution in [2.24, 2.45) is 5.92 Å². The summed E-state index contributed by atoms with van der Waals surface area (Å²) in [4.78, 5) is 0. The second-order valence-electron chi connectivity index (χ2n) is 2.52. The van der Waals surface area contributed by atoms with Crippen LogP contribution in [0.5, 0.6) is 0 Å². The molecule has 0 unspecified atom stereocenters. The van der Waals surface area contributed by atoms with Gasteiger partial charge in [-0.25, -0.2) is 0 Å². The van der Waals surface area contributed by atoms with E-state index in [1.165, 1.54) is 0 Å². The molecule has 0 aliphatic heterocycles. The van der Waals surface area contributed by atoms with Gasteiger partial charge in [0.05, 0.1) is 6.10 Å². The molecule has 2 heteroatoms. The Morgan fingerprint density at radius 1 is 1.44 bits per heavy atom. The van der Waals surface area contributed by atoms with Gasteiger partial charge in [0.15, 0.2) is 0 Å². The van der Waals surface area contributed by atoms with E-state index < -0.39 is 0 Å². The minimum atomic E-state index is -0.319. The number of rotatable bonds is 4. The van der Waals surface area contributed by atoms with Crippen molar-refractivity contribution in [1.82, 2.24) is 0 Å². The van der Waals surface area contributed by atoms with Gasteiger partial charge in [0.25, 0.3) is 0 Å². The van der Waals surface area contributed by atoms with Crippen molar-refractivity contribution in [3.63, 3.8) is 0 Å². The van der Waals surface area contributed by atoms with Crippen LogP contribution < -0.4 is 0 Å². The lowest BCUT2D eigenvalue weighted by Crippen LogP contribution is -2.20. The summed E-state index contributed by atoms with van der Waals surface area (Å²) in [5, 5.41) is 17.7. The maximum Gasteiger partial charge on any atom is 0.0587 e. The lowest BCUT2D eigenvalue weighted by molar-refractivity contribution is 0.0701. The lowest BCUT2D eigenvalue weighted by atomic mass is 10.0. The molecule has 0 aromatic rings. The fourth-order valence-corrected chi connectivity index (χ4v) is 0.702. The van der Waals surface area contributed by atoms with E-state index in [1.807, 2.05) is 13.8 Å². The van der Waals surface area contributed by atoms with Crippen LogP contribution in [0.4, 0.5) is 0 Å². The Morgan fingerprint density at radius 2 is 2.00 bits per heavy atom. The van der Waals surface area contributed by atoms with Crippen molar-refractivity contribution in [1.29, 1.82) is 0 Å². The monoisotopic (exact) mass is 132 g/mol. The van der Waals surface area contributed by atoms with Crippen LogP contribution in [-0.2, 0) is 0 Å². The third-order valence-electron chi connectivity index (χ3n) is 1.53. The average molecular weight is 132 g/mol. The second kappa shape index (κ2) is 4.77. The summed E-state index contributed by atoms with van der Waals surface area (Å²) >= 11 is 0. The van der Waals surface area contributed by atoms with E-state index >= 15 is 0 Å². The number of hydrogen-bond donors (Lipinski definition) is 2. The Morgan fingerprint density at radius 3 is 2.33 bits per heavy atom. The average Bonchev–Trinajstić information content (AvgIpc) is 1.87. The van der Waals surface area contributed by atoms with Gasteiger partial charge in [-0.3, -0.25) is 0 Å². The lowest BCUT2D eigenvalue weighted by Gasteiger charge is -2.14. The molecule has 0 radical (unpaired) electrons. The number of hydrogen-bond acceptors (Lipinski definition) is 2. The Balaban J connectivity index is 3.32. The van der Waals surface area contributed by atoms with Gasteiger partial charge in [0.1, 0.15) is 0 Å². The van der Waals surface area contributed by atoms with Gasteiger partial charge in [0.2, 0.25) is 0 Å². The third kappa shape index (κ3) is 3.49. The molecule has 2 nitrogen and oxygen atoms in total. The van der Waals surface area contributed by atoms with Crippen molar-refractivity contribution in [2.75, 3.05) is 6.61 Å². The van der Waals surface area contributed by atoms with E-state index in [2.05, 4.69) is 0 Å². The van der Waals surface area contributed by atoms with Crippen LogP contribution >= 0.6 is 0 Å². The first-order valence-corrected chi connectivity index (χ1v) is 3.51. The second-order valence-corrected chi connectivity index (χ2v) is 2.52. The molecule has 0 rings (SSSR count). The zero-order chi connectivity index (χ0) is 7.28. The van der Waals surface area contributed by atoms with Gasteiger partial charge >= 0.3 is 0 Å². The molecule has 2 N–H and O–H groups in total. The highest BCUT2D eigenvalue weighted by Crippen LogP contribution is 2.06. The van der Waals surface area contributed by atoms with Gasteiger partial charge in [-0.2, -0.15) is 0 Å². The van der Waals surface area contributed by atoms with Crippen LogP contribution in [-0.4, -0.2) is 22.9 Å². The van der Waals surface area contributed by atoms with Crippen molar-refractivity contribution >= 4 is 0 Å². The zero-order valence-corrected chi connectivity index (χ0v) is 6.17. The smallest absolute Gasteiger partial charge is 0.0587 e. The molecule has 0 spiro atoms. The molecule has 0 aliphatic rings. The van der Waals surface area contributed by atoms with Gasteiger partial charge < -0.3 is 10.2 Å². The molecule has 56 valence electrons. The fourth-order valence-electron chi connectivity index (χ4n) is 0.702. The fraction of sp³-hybridized carbons (Fsp3) is 1.00. The van der Waals surface area contributed by atoms with E-state index in [-0.39, 0.29) is 18.6 Å². The standard InChI is InChI=1S/C7H16O2/c1-3-4-7(9)6(2)5-8/h6-9H,3-5H2,1-2H3/t6-,7-/m0/s1. The van der Waals surface area contributed by atoms with Gasteiger partial charge in [-0.05, 0) is 6.42 Å². The zero-order valence-electron chi connectivity index (χ0n) is 6.17. The van der Waals surface area contributed by atoms with Crippen molar-refractivity contribution in [2.45, 2.75) is 32.8 Å². The summed E-state index contributed by atoms with van der Waals surface area (Å²) < 4.78 is 0. The Bertz CT molecular complexity index is 63.9. The van der Waals surface area contributed by atoms with Crippen molar-refractivity contribution in [3.05, 3.63) is 0 Å². The molecule has 0 amide bonds. The van der Waals surface area contributed by atoms with Crippen molar-refractivity contribution in [3.8, 4) is 0 Å². The molecule has 0 fully saturated rings. The van der Waals surface area contributed by atoms with Gasteiger partial charge in [-0.15, -0.1) is 0 Å². The molecule has 0 aliphatic carbocycles. The topological polar surface area (TPSA) is 40.5 Å². The number of aliphatic hydroxyl groups excluding tert-OH is 2. The van der Waals surface area contributed by atoms with E-state index in [4.69, 9.17) is 10.2 Å². The Hall–Kier alpha value is -0.0800. The molecule has 0 saturated heterocycles. The highest BCUT2D eigenvalue weighted by molar-refractivity contribution is 4.61. The normalized spacial score (nSPS) is 17.3. The van der Waals surface area contributed by atoms with Crippen LogP contribution in [0.3, 0.4) is 0 Å². The quantitative estimate of drug-likeness (QED) is 0.593. The molecule has 0 bridgehead atoms. The van der Waals surface area contributed by atoms with E-state index in [0.717, 1.165) is 12.8 Å². The number of aliphatic hydroxyl groups is 2.